The highest BCUT2D eigenvalue weighted by Crippen LogP contribution is 2.31. The Balaban J connectivity index is 1.96. The molecule has 30 heavy (non-hydrogen) atoms. The molecule has 0 atom stereocenters. The number of carbonyl (C=O) groups is 1. The fourth-order valence-electron chi connectivity index (χ4n) is 3.80. The molecule has 0 saturated carbocycles. The van der Waals surface area contributed by atoms with E-state index >= 15 is 0 Å². The molecule has 6 heteroatoms. The third-order valence-corrected chi connectivity index (χ3v) is 5.42. The number of amides is 1. The van der Waals surface area contributed by atoms with E-state index in [-0.39, 0.29) is 11.8 Å². The second-order valence-corrected chi connectivity index (χ2v) is 7.89. The summed E-state index contributed by atoms with van der Waals surface area (Å²) >= 11 is 0. The average molecular weight is 407 g/mol. The van der Waals surface area contributed by atoms with Gasteiger partial charge in [-0.05, 0) is 30.0 Å². The van der Waals surface area contributed by atoms with Gasteiger partial charge in [0.25, 0.3) is 5.91 Å². The number of hydrogen-bond donors (Lipinski definition) is 1. The van der Waals surface area contributed by atoms with Crippen LogP contribution in [-0.4, -0.2) is 49.1 Å². The Hall–Kier alpha value is -2.88. The second-order valence-electron chi connectivity index (χ2n) is 7.89. The third kappa shape index (κ3) is 4.64. The number of nitrogens with one attached hydrogen (secondary N) is 1. The van der Waals surface area contributed by atoms with Gasteiger partial charge in [-0.15, -0.1) is 0 Å². The summed E-state index contributed by atoms with van der Waals surface area (Å²) in [6, 6.07) is 10.5. The predicted molar refractivity (Wildman–Crippen MR) is 118 cm³/mol. The molecule has 1 saturated heterocycles. The minimum atomic E-state index is -0.0802. The largest absolute Gasteiger partial charge is 0.379 e. The van der Waals surface area contributed by atoms with Crippen LogP contribution in [0.3, 0.4) is 0 Å². The van der Waals surface area contributed by atoms with Crippen molar-refractivity contribution in [3.8, 4) is 6.07 Å². The lowest BCUT2D eigenvalue weighted by molar-refractivity contribution is -0.125. The summed E-state index contributed by atoms with van der Waals surface area (Å²) in [6.07, 6.45) is 3.52. The summed E-state index contributed by atoms with van der Waals surface area (Å²) < 4.78 is 5.42. The van der Waals surface area contributed by atoms with Crippen LogP contribution in [0.25, 0.3) is 5.70 Å². The SMILES string of the molecule is C/C=C\C(C#N)=C1\NC(c2ccc(CN3CCOCC3)cc2)=C(C(C)C)C(=O)N1C. The number of benzene rings is 1. The molecular formula is C24H30N4O2. The average Bonchev–Trinajstić information content (AvgIpc) is 2.75. The van der Waals surface area contributed by atoms with Gasteiger partial charge in [-0.3, -0.25) is 14.6 Å². The van der Waals surface area contributed by atoms with Crippen LogP contribution in [0, 0.1) is 17.2 Å². The smallest absolute Gasteiger partial charge is 0.257 e. The van der Waals surface area contributed by atoms with Gasteiger partial charge < -0.3 is 10.1 Å². The van der Waals surface area contributed by atoms with Crippen molar-refractivity contribution < 1.29 is 9.53 Å². The minimum absolute atomic E-state index is 0.0456. The molecule has 2 heterocycles. The molecule has 158 valence electrons. The van der Waals surface area contributed by atoms with Gasteiger partial charge in [0.2, 0.25) is 0 Å². The van der Waals surface area contributed by atoms with Gasteiger partial charge in [-0.25, -0.2) is 0 Å². The van der Waals surface area contributed by atoms with Crippen LogP contribution in [0.1, 0.15) is 31.9 Å². The summed E-state index contributed by atoms with van der Waals surface area (Å²) in [7, 11) is 1.70. The lowest BCUT2D eigenvalue weighted by Gasteiger charge is -2.33. The van der Waals surface area contributed by atoms with Crippen molar-refractivity contribution in [2.45, 2.75) is 27.3 Å². The molecule has 0 aliphatic carbocycles. The molecule has 0 unspecified atom stereocenters. The van der Waals surface area contributed by atoms with Crippen molar-refractivity contribution in [3.63, 3.8) is 0 Å². The number of rotatable bonds is 5. The van der Waals surface area contributed by atoms with Crippen LogP contribution in [0.2, 0.25) is 0 Å². The van der Waals surface area contributed by atoms with Crippen LogP contribution in [0.15, 0.2) is 53.4 Å². The zero-order valence-electron chi connectivity index (χ0n) is 18.2. The molecule has 0 spiro atoms. The van der Waals surface area contributed by atoms with Gasteiger partial charge in [0.05, 0.1) is 24.5 Å². The summed E-state index contributed by atoms with van der Waals surface area (Å²) in [5.41, 5.74) is 4.10. The first-order valence-electron chi connectivity index (χ1n) is 10.4. The van der Waals surface area contributed by atoms with Crippen molar-refractivity contribution in [2.75, 3.05) is 33.4 Å². The van der Waals surface area contributed by atoms with Crippen molar-refractivity contribution in [1.29, 1.82) is 5.26 Å². The maximum absolute atomic E-state index is 13.2. The number of nitrogens with zero attached hydrogens (tertiary/aromatic N) is 3. The maximum Gasteiger partial charge on any atom is 0.257 e. The Labute approximate surface area is 179 Å². The minimum Gasteiger partial charge on any atom is -0.379 e. The Bertz CT molecular complexity index is 914. The first-order valence-corrected chi connectivity index (χ1v) is 10.4. The van der Waals surface area contributed by atoms with Gasteiger partial charge in [0.1, 0.15) is 11.9 Å². The maximum atomic E-state index is 13.2. The van der Waals surface area contributed by atoms with Crippen molar-refractivity contribution >= 4 is 11.6 Å². The topological polar surface area (TPSA) is 68.6 Å². The molecular weight excluding hydrogens is 376 g/mol. The normalized spacial score (nSPS) is 20.0. The van der Waals surface area contributed by atoms with Gasteiger partial charge in [-0.2, -0.15) is 5.26 Å². The molecule has 0 radical (unpaired) electrons. The van der Waals surface area contributed by atoms with Crippen LogP contribution in [0.5, 0.6) is 0 Å². The predicted octanol–water partition coefficient (Wildman–Crippen LogP) is 3.26. The summed E-state index contributed by atoms with van der Waals surface area (Å²) in [5.74, 6) is 0.477. The van der Waals surface area contributed by atoms with Gasteiger partial charge in [0.15, 0.2) is 0 Å². The molecule has 3 rings (SSSR count). The molecule has 2 aliphatic heterocycles. The zero-order chi connectivity index (χ0) is 21.7. The molecule has 0 aromatic heterocycles. The number of allylic oxidation sites excluding steroid dienone is 3. The number of likely N-dealkylation sites (N-methyl/N-ethyl adjacent to an activating group) is 1. The Morgan fingerprint density at radius 1 is 1.27 bits per heavy atom. The Kier molecular flexibility index (Phi) is 7.09. The zero-order valence-corrected chi connectivity index (χ0v) is 18.2. The second kappa shape index (κ2) is 9.75. The van der Waals surface area contributed by atoms with E-state index in [0.717, 1.165) is 49.7 Å². The van der Waals surface area contributed by atoms with Crippen molar-refractivity contribution in [3.05, 3.63) is 64.5 Å². The standard InChI is InChI=1S/C24H30N4O2/c1-5-6-20(15-25)23-26-22(21(17(2)3)24(29)27(23)4)19-9-7-18(8-10-19)16-28-11-13-30-14-12-28/h5-10,17,26H,11-14,16H2,1-4H3/b6-5-,23-20+. The highest BCUT2D eigenvalue weighted by molar-refractivity contribution is 6.04. The molecule has 1 amide bonds. The van der Waals surface area contributed by atoms with E-state index < -0.39 is 0 Å². The lowest BCUT2D eigenvalue weighted by Crippen LogP contribution is -2.42. The first-order chi connectivity index (χ1) is 14.5. The summed E-state index contributed by atoms with van der Waals surface area (Å²) in [4.78, 5) is 17.1. The highest BCUT2D eigenvalue weighted by Gasteiger charge is 2.31. The molecule has 1 fully saturated rings. The number of morpholine rings is 1. The number of ether oxygens (including phenoxy) is 1. The molecule has 2 aliphatic rings. The van der Waals surface area contributed by atoms with Crippen LogP contribution < -0.4 is 5.32 Å². The third-order valence-electron chi connectivity index (χ3n) is 5.42. The van der Waals surface area contributed by atoms with E-state index in [1.54, 1.807) is 19.2 Å². The van der Waals surface area contributed by atoms with E-state index in [9.17, 15) is 10.1 Å². The van der Waals surface area contributed by atoms with E-state index in [1.807, 2.05) is 20.8 Å². The monoisotopic (exact) mass is 406 g/mol. The fourth-order valence-corrected chi connectivity index (χ4v) is 3.80. The van der Waals surface area contributed by atoms with Crippen molar-refractivity contribution in [2.24, 2.45) is 5.92 Å². The summed E-state index contributed by atoms with van der Waals surface area (Å²) in [5, 5.41) is 13.0. The van der Waals surface area contributed by atoms with Crippen LogP contribution in [-0.2, 0) is 16.1 Å². The van der Waals surface area contributed by atoms with E-state index in [1.165, 1.54) is 10.5 Å². The van der Waals surface area contributed by atoms with Gasteiger partial charge in [0, 0.05) is 32.3 Å². The summed E-state index contributed by atoms with van der Waals surface area (Å²) in [6.45, 7) is 10.2. The Morgan fingerprint density at radius 2 is 1.93 bits per heavy atom. The lowest BCUT2D eigenvalue weighted by atomic mass is 9.93. The molecule has 0 bridgehead atoms. The highest BCUT2D eigenvalue weighted by atomic mass is 16.5. The molecule has 1 aromatic rings. The number of nitriles is 1. The first kappa shape index (κ1) is 21.8. The Morgan fingerprint density at radius 3 is 2.50 bits per heavy atom. The van der Waals surface area contributed by atoms with Gasteiger partial charge >= 0.3 is 0 Å². The van der Waals surface area contributed by atoms with Crippen LogP contribution in [0.4, 0.5) is 0 Å². The quantitative estimate of drug-likeness (QED) is 0.760. The number of hydrogen-bond acceptors (Lipinski definition) is 5. The van der Waals surface area contributed by atoms with E-state index in [0.29, 0.717) is 11.4 Å². The number of carbonyl (C=O) groups excluding carboxylic acids is 1. The van der Waals surface area contributed by atoms with E-state index in [4.69, 9.17) is 4.74 Å². The van der Waals surface area contributed by atoms with Gasteiger partial charge in [-0.1, -0.05) is 44.2 Å². The van der Waals surface area contributed by atoms with E-state index in [2.05, 4.69) is 40.6 Å². The van der Waals surface area contributed by atoms with Crippen LogP contribution >= 0.6 is 0 Å². The molecule has 1 N–H and O–H groups in total. The van der Waals surface area contributed by atoms with Crippen molar-refractivity contribution in [1.82, 2.24) is 15.1 Å². The fraction of sp³-hybridized carbons (Fsp3) is 0.417. The molecule has 1 aromatic carbocycles. The molecule has 6 nitrogen and oxygen atoms in total.